The molecule has 4 heteroatoms. The van der Waals surface area contributed by atoms with Gasteiger partial charge in [0.1, 0.15) is 0 Å². The molecule has 2 rings (SSSR count). The number of halogens is 1. The molecule has 1 aromatic carbocycles. The van der Waals surface area contributed by atoms with Crippen LogP contribution in [-0.2, 0) is 11.3 Å². The number of hydrogen-bond acceptors (Lipinski definition) is 3. The van der Waals surface area contributed by atoms with Gasteiger partial charge in [-0.2, -0.15) is 0 Å². The van der Waals surface area contributed by atoms with E-state index in [1.165, 1.54) is 9.13 Å². The van der Waals surface area contributed by atoms with Crippen molar-refractivity contribution in [2.75, 3.05) is 26.4 Å². The van der Waals surface area contributed by atoms with E-state index in [0.29, 0.717) is 6.61 Å². The minimum Gasteiger partial charge on any atom is -0.395 e. The second-order valence-corrected chi connectivity index (χ2v) is 5.25. The van der Waals surface area contributed by atoms with Crippen LogP contribution in [0.1, 0.15) is 5.56 Å². The Kier molecular flexibility index (Phi) is 4.57. The number of nitrogens with zero attached hydrogens (tertiary/aromatic N) is 1. The van der Waals surface area contributed by atoms with Gasteiger partial charge in [-0.05, 0) is 40.3 Å². The summed E-state index contributed by atoms with van der Waals surface area (Å²) < 4.78 is 6.61. The zero-order valence-electron chi connectivity index (χ0n) is 9.10. The molecule has 0 aliphatic carbocycles. The molecule has 1 fully saturated rings. The summed E-state index contributed by atoms with van der Waals surface area (Å²) in [5.74, 6) is 0. The first-order chi connectivity index (χ1) is 7.79. The summed E-state index contributed by atoms with van der Waals surface area (Å²) in [5, 5.41) is 9.26. The summed E-state index contributed by atoms with van der Waals surface area (Å²) in [4.78, 5) is 2.28. The number of morpholine rings is 1. The maximum Gasteiger partial charge on any atom is 0.0644 e. The summed E-state index contributed by atoms with van der Waals surface area (Å²) in [6, 6.07) is 8.67. The van der Waals surface area contributed by atoms with Gasteiger partial charge in [0.15, 0.2) is 0 Å². The third kappa shape index (κ3) is 3.16. The minimum atomic E-state index is 0.146. The van der Waals surface area contributed by atoms with Crippen LogP contribution < -0.4 is 0 Å². The fraction of sp³-hybridized carbons (Fsp3) is 0.500. The highest BCUT2D eigenvalue weighted by Crippen LogP contribution is 2.13. The summed E-state index contributed by atoms with van der Waals surface area (Å²) in [5.41, 5.74) is 1.29. The van der Waals surface area contributed by atoms with Gasteiger partial charge in [0.2, 0.25) is 0 Å². The van der Waals surface area contributed by atoms with Crippen molar-refractivity contribution in [2.24, 2.45) is 0 Å². The number of rotatable bonds is 3. The Morgan fingerprint density at radius 2 is 2.12 bits per heavy atom. The number of benzene rings is 1. The molecular formula is C12H16INO2. The van der Waals surface area contributed by atoms with Crippen LogP contribution in [0.15, 0.2) is 24.3 Å². The largest absolute Gasteiger partial charge is 0.395 e. The molecule has 1 saturated heterocycles. The summed E-state index contributed by atoms with van der Waals surface area (Å²) in [6.07, 6.45) is 0. The average Bonchev–Trinajstić information content (AvgIpc) is 2.33. The predicted octanol–water partition coefficient (Wildman–Crippen LogP) is 1.48. The molecule has 1 aromatic rings. The van der Waals surface area contributed by atoms with E-state index in [4.69, 9.17) is 4.74 Å². The molecule has 0 amide bonds. The van der Waals surface area contributed by atoms with Gasteiger partial charge in [0, 0.05) is 16.7 Å². The lowest BCUT2D eigenvalue weighted by Crippen LogP contribution is -2.46. The van der Waals surface area contributed by atoms with Crippen molar-refractivity contribution in [3.8, 4) is 0 Å². The maximum absolute atomic E-state index is 9.26. The first kappa shape index (κ1) is 12.3. The number of aliphatic hydroxyl groups is 1. The van der Waals surface area contributed by atoms with Gasteiger partial charge in [-0.15, -0.1) is 0 Å². The highest BCUT2D eigenvalue weighted by Gasteiger charge is 2.21. The second-order valence-electron chi connectivity index (χ2n) is 4.01. The molecule has 1 aliphatic rings. The van der Waals surface area contributed by atoms with Crippen molar-refractivity contribution >= 4 is 22.6 Å². The Hall–Kier alpha value is -0.170. The summed E-state index contributed by atoms with van der Waals surface area (Å²) in [6.45, 7) is 3.37. The van der Waals surface area contributed by atoms with E-state index in [9.17, 15) is 5.11 Å². The fourth-order valence-corrected chi connectivity index (χ4v) is 2.25. The van der Waals surface area contributed by atoms with E-state index in [2.05, 4.69) is 51.8 Å². The van der Waals surface area contributed by atoms with Crippen LogP contribution >= 0.6 is 22.6 Å². The number of aliphatic hydroxyl groups excluding tert-OH is 1. The molecule has 0 radical (unpaired) electrons. The molecule has 1 heterocycles. The lowest BCUT2D eigenvalue weighted by atomic mass is 10.1. The van der Waals surface area contributed by atoms with Crippen molar-refractivity contribution in [1.29, 1.82) is 0 Å². The van der Waals surface area contributed by atoms with Crippen molar-refractivity contribution in [3.63, 3.8) is 0 Å². The van der Waals surface area contributed by atoms with Crippen LogP contribution in [0.3, 0.4) is 0 Å². The molecule has 0 bridgehead atoms. The van der Waals surface area contributed by atoms with E-state index < -0.39 is 0 Å². The summed E-state index contributed by atoms with van der Waals surface area (Å²) >= 11 is 2.31. The molecule has 88 valence electrons. The number of ether oxygens (including phenoxy) is 1. The molecule has 0 saturated carbocycles. The zero-order chi connectivity index (χ0) is 11.4. The van der Waals surface area contributed by atoms with Crippen molar-refractivity contribution < 1.29 is 9.84 Å². The first-order valence-corrected chi connectivity index (χ1v) is 6.54. The lowest BCUT2D eigenvalue weighted by molar-refractivity contribution is -0.0312. The van der Waals surface area contributed by atoms with Gasteiger partial charge in [0.25, 0.3) is 0 Å². The quantitative estimate of drug-likeness (QED) is 0.851. The Balaban J connectivity index is 1.99. The highest BCUT2D eigenvalue weighted by atomic mass is 127. The standard InChI is InChI=1S/C12H16INO2/c13-11-3-1-10(2-4-11)7-14-5-6-16-9-12(14)8-15/h1-4,12,15H,5-9H2. The van der Waals surface area contributed by atoms with Gasteiger partial charge in [-0.3, -0.25) is 4.90 Å². The van der Waals surface area contributed by atoms with Crippen molar-refractivity contribution in [3.05, 3.63) is 33.4 Å². The molecule has 0 aromatic heterocycles. The molecule has 1 aliphatic heterocycles. The third-order valence-corrected chi connectivity index (χ3v) is 3.58. The normalized spacial score (nSPS) is 22.2. The van der Waals surface area contributed by atoms with Crippen LogP contribution in [-0.4, -0.2) is 42.4 Å². The Bertz CT molecular complexity index is 328. The van der Waals surface area contributed by atoms with Crippen LogP contribution in [0.2, 0.25) is 0 Å². The van der Waals surface area contributed by atoms with Crippen LogP contribution in [0.25, 0.3) is 0 Å². The molecule has 1 unspecified atom stereocenters. The Labute approximate surface area is 110 Å². The van der Waals surface area contributed by atoms with E-state index in [-0.39, 0.29) is 12.6 Å². The molecule has 0 spiro atoms. The van der Waals surface area contributed by atoms with Crippen LogP contribution in [0, 0.1) is 3.57 Å². The van der Waals surface area contributed by atoms with Crippen LogP contribution in [0.5, 0.6) is 0 Å². The van der Waals surface area contributed by atoms with E-state index in [1.807, 2.05) is 0 Å². The molecular weight excluding hydrogens is 317 g/mol. The Morgan fingerprint density at radius 3 is 2.81 bits per heavy atom. The molecule has 1 N–H and O–H groups in total. The fourth-order valence-electron chi connectivity index (χ4n) is 1.89. The van der Waals surface area contributed by atoms with Gasteiger partial charge in [-0.1, -0.05) is 12.1 Å². The van der Waals surface area contributed by atoms with Crippen LogP contribution in [0.4, 0.5) is 0 Å². The minimum absolute atomic E-state index is 0.146. The average molecular weight is 333 g/mol. The molecule has 1 atom stereocenters. The third-order valence-electron chi connectivity index (χ3n) is 2.86. The second kappa shape index (κ2) is 5.95. The maximum atomic E-state index is 9.26. The van der Waals surface area contributed by atoms with E-state index >= 15 is 0 Å². The summed E-state index contributed by atoms with van der Waals surface area (Å²) in [7, 11) is 0. The van der Waals surface area contributed by atoms with E-state index in [1.54, 1.807) is 0 Å². The SMILES string of the molecule is OCC1COCCN1Cc1ccc(I)cc1. The van der Waals surface area contributed by atoms with E-state index in [0.717, 1.165) is 19.7 Å². The first-order valence-electron chi connectivity index (χ1n) is 5.46. The van der Waals surface area contributed by atoms with Gasteiger partial charge < -0.3 is 9.84 Å². The Morgan fingerprint density at radius 1 is 1.38 bits per heavy atom. The topological polar surface area (TPSA) is 32.7 Å². The zero-order valence-corrected chi connectivity index (χ0v) is 11.3. The number of hydrogen-bond donors (Lipinski definition) is 1. The molecule has 16 heavy (non-hydrogen) atoms. The lowest BCUT2D eigenvalue weighted by Gasteiger charge is -2.34. The monoisotopic (exact) mass is 333 g/mol. The van der Waals surface area contributed by atoms with Gasteiger partial charge >= 0.3 is 0 Å². The predicted molar refractivity (Wildman–Crippen MR) is 71.3 cm³/mol. The van der Waals surface area contributed by atoms with Gasteiger partial charge in [0.05, 0.1) is 25.9 Å². The molecule has 3 nitrogen and oxygen atoms in total. The van der Waals surface area contributed by atoms with Crippen molar-refractivity contribution in [1.82, 2.24) is 4.90 Å². The van der Waals surface area contributed by atoms with Crippen molar-refractivity contribution in [2.45, 2.75) is 12.6 Å². The highest BCUT2D eigenvalue weighted by molar-refractivity contribution is 14.1. The van der Waals surface area contributed by atoms with Gasteiger partial charge in [-0.25, -0.2) is 0 Å². The smallest absolute Gasteiger partial charge is 0.0644 e.